The number of hydrogen-bond donors (Lipinski definition) is 3. The van der Waals surface area contributed by atoms with Crippen LogP contribution in [0.15, 0.2) is 78.9 Å². The SMILES string of the molecule is C[C@H](C[C@@H](Cc1ccc(-c2ccccc2)cc1)NC(=O)c1ccc(C(=O)O)cc1)C(=O)O. The molecule has 3 aromatic carbocycles. The third-order valence-corrected chi connectivity index (χ3v) is 5.33. The van der Waals surface area contributed by atoms with E-state index in [2.05, 4.69) is 5.32 Å². The zero-order valence-electron chi connectivity index (χ0n) is 17.7. The minimum absolute atomic E-state index is 0.0936. The highest BCUT2D eigenvalue weighted by molar-refractivity contribution is 5.96. The molecule has 0 aliphatic heterocycles. The van der Waals surface area contributed by atoms with Crippen molar-refractivity contribution in [3.8, 4) is 11.1 Å². The molecule has 1 amide bonds. The summed E-state index contributed by atoms with van der Waals surface area (Å²) in [7, 11) is 0. The Morgan fingerprint density at radius 2 is 1.34 bits per heavy atom. The highest BCUT2D eigenvalue weighted by Crippen LogP contribution is 2.21. The van der Waals surface area contributed by atoms with E-state index < -0.39 is 23.9 Å². The molecule has 32 heavy (non-hydrogen) atoms. The van der Waals surface area contributed by atoms with Crippen LogP contribution in [0.5, 0.6) is 0 Å². The minimum Gasteiger partial charge on any atom is -0.481 e. The fraction of sp³-hybridized carbons (Fsp3) is 0.192. The maximum atomic E-state index is 12.7. The van der Waals surface area contributed by atoms with E-state index in [1.54, 1.807) is 6.92 Å². The maximum absolute atomic E-state index is 12.7. The first-order valence-corrected chi connectivity index (χ1v) is 10.3. The fourth-order valence-electron chi connectivity index (χ4n) is 3.50. The zero-order valence-corrected chi connectivity index (χ0v) is 17.7. The highest BCUT2D eigenvalue weighted by atomic mass is 16.4. The van der Waals surface area contributed by atoms with Gasteiger partial charge in [0.1, 0.15) is 0 Å². The summed E-state index contributed by atoms with van der Waals surface area (Å²) < 4.78 is 0. The molecule has 0 unspecified atom stereocenters. The van der Waals surface area contributed by atoms with Crippen molar-refractivity contribution >= 4 is 17.8 Å². The molecule has 0 aliphatic rings. The number of carboxylic acids is 2. The molecule has 0 saturated carbocycles. The van der Waals surface area contributed by atoms with E-state index in [0.29, 0.717) is 12.0 Å². The van der Waals surface area contributed by atoms with Gasteiger partial charge >= 0.3 is 11.9 Å². The Bertz CT molecular complexity index is 1080. The Morgan fingerprint density at radius 3 is 1.91 bits per heavy atom. The number of carbonyl (C=O) groups is 3. The number of aliphatic carboxylic acids is 1. The molecule has 0 radical (unpaired) electrons. The smallest absolute Gasteiger partial charge is 0.335 e. The van der Waals surface area contributed by atoms with Gasteiger partial charge in [-0.15, -0.1) is 0 Å². The lowest BCUT2D eigenvalue weighted by Gasteiger charge is -2.21. The van der Waals surface area contributed by atoms with Crippen molar-refractivity contribution in [2.45, 2.75) is 25.8 Å². The normalized spacial score (nSPS) is 12.5. The molecular weight excluding hydrogens is 406 g/mol. The van der Waals surface area contributed by atoms with Gasteiger partial charge in [-0.1, -0.05) is 61.5 Å². The second kappa shape index (κ2) is 10.4. The molecule has 0 bridgehead atoms. The quantitative estimate of drug-likeness (QED) is 0.463. The number of carboxylic acid groups (broad SMARTS) is 2. The second-order valence-corrected chi connectivity index (χ2v) is 7.79. The first-order chi connectivity index (χ1) is 15.3. The fourth-order valence-corrected chi connectivity index (χ4v) is 3.50. The Hall–Kier alpha value is -3.93. The summed E-state index contributed by atoms with van der Waals surface area (Å²) in [6, 6.07) is 23.2. The lowest BCUT2D eigenvalue weighted by atomic mass is 9.94. The number of hydrogen-bond acceptors (Lipinski definition) is 3. The van der Waals surface area contributed by atoms with Gasteiger partial charge in [-0.3, -0.25) is 9.59 Å². The van der Waals surface area contributed by atoms with Gasteiger partial charge in [-0.2, -0.15) is 0 Å². The molecular formula is C26H25NO5. The number of rotatable bonds is 9. The van der Waals surface area contributed by atoms with Crippen molar-refractivity contribution in [1.29, 1.82) is 0 Å². The lowest BCUT2D eigenvalue weighted by Crippen LogP contribution is -2.38. The van der Waals surface area contributed by atoms with Gasteiger partial charge in [0.15, 0.2) is 0 Å². The van der Waals surface area contributed by atoms with Gasteiger partial charge in [-0.25, -0.2) is 4.79 Å². The van der Waals surface area contributed by atoms with Gasteiger partial charge in [0.25, 0.3) is 5.91 Å². The molecule has 6 heteroatoms. The van der Waals surface area contributed by atoms with Crippen molar-refractivity contribution in [2.75, 3.05) is 0 Å². The van der Waals surface area contributed by atoms with Crippen LogP contribution >= 0.6 is 0 Å². The molecule has 0 fully saturated rings. The lowest BCUT2D eigenvalue weighted by molar-refractivity contribution is -0.141. The van der Waals surface area contributed by atoms with E-state index in [0.717, 1.165) is 16.7 Å². The second-order valence-electron chi connectivity index (χ2n) is 7.79. The molecule has 0 spiro atoms. The summed E-state index contributed by atoms with van der Waals surface area (Å²) in [5.41, 5.74) is 3.58. The average molecular weight is 431 g/mol. The van der Waals surface area contributed by atoms with Crippen LogP contribution in [-0.2, 0) is 11.2 Å². The minimum atomic E-state index is -1.07. The van der Waals surface area contributed by atoms with Crippen LogP contribution in [0, 0.1) is 5.92 Å². The van der Waals surface area contributed by atoms with E-state index in [4.69, 9.17) is 5.11 Å². The molecule has 0 aliphatic carbocycles. The Kier molecular flexibility index (Phi) is 7.39. The van der Waals surface area contributed by atoms with E-state index >= 15 is 0 Å². The van der Waals surface area contributed by atoms with Crippen molar-refractivity contribution in [1.82, 2.24) is 5.32 Å². The first-order valence-electron chi connectivity index (χ1n) is 10.3. The van der Waals surface area contributed by atoms with Crippen molar-refractivity contribution in [2.24, 2.45) is 5.92 Å². The van der Waals surface area contributed by atoms with Crippen LogP contribution < -0.4 is 5.32 Å². The van der Waals surface area contributed by atoms with Crippen LogP contribution in [-0.4, -0.2) is 34.1 Å². The van der Waals surface area contributed by atoms with Gasteiger partial charge in [0, 0.05) is 11.6 Å². The molecule has 6 nitrogen and oxygen atoms in total. The van der Waals surface area contributed by atoms with Crippen molar-refractivity contribution in [3.05, 3.63) is 95.6 Å². The summed E-state index contributed by atoms with van der Waals surface area (Å²) in [5.74, 6) is -2.98. The zero-order chi connectivity index (χ0) is 23.1. The number of nitrogens with one attached hydrogen (secondary N) is 1. The summed E-state index contributed by atoms with van der Waals surface area (Å²) >= 11 is 0. The predicted octanol–water partition coefficient (Wildman–Crippen LogP) is 4.50. The summed E-state index contributed by atoms with van der Waals surface area (Å²) in [6.45, 7) is 1.61. The highest BCUT2D eigenvalue weighted by Gasteiger charge is 2.21. The van der Waals surface area contributed by atoms with Crippen molar-refractivity contribution in [3.63, 3.8) is 0 Å². The third-order valence-electron chi connectivity index (χ3n) is 5.33. The molecule has 3 aromatic rings. The summed E-state index contributed by atoms with van der Waals surface area (Å²) in [5, 5.41) is 21.2. The van der Waals surface area contributed by atoms with Crippen LogP contribution in [0.1, 0.15) is 39.6 Å². The summed E-state index contributed by atoms with van der Waals surface area (Å²) in [6.07, 6.45) is 0.750. The molecule has 0 heterocycles. The van der Waals surface area contributed by atoms with E-state index in [1.165, 1.54) is 24.3 Å². The molecule has 164 valence electrons. The molecule has 0 aromatic heterocycles. The predicted molar refractivity (Wildman–Crippen MR) is 122 cm³/mol. The molecule has 2 atom stereocenters. The average Bonchev–Trinajstić information content (AvgIpc) is 2.80. The Balaban J connectivity index is 1.74. The largest absolute Gasteiger partial charge is 0.481 e. The Labute approximate surface area is 186 Å². The Morgan fingerprint density at radius 1 is 0.781 bits per heavy atom. The van der Waals surface area contributed by atoms with Crippen LogP contribution in [0.2, 0.25) is 0 Å². The topological polar surface area (TPSA) is 104 Å². The monoisotopic (exact) mass is 431 g/mol. The van der Waals surface area contributed by atoms with E-state index in [-0.39, 0.29) is 17.9 Å². The molecule has 3 N–H and O–H groups in total. The van der Waals surface area contributed by atoms with E-state index in [1.807, 2.05) is 54.6 Å². The van der Waals surface area contributed by atoms with Gasteiger partial charge in [0.2, 0.25) is 0 Å². The number of carbonyl (C=O) groups excluding carboxylic acids is 1. The first kappa shape index (κ1) is 22.7. The molecule has 3 rings (SSSR count). The van der Waals surface area contributed by atoms with Crippen molar-refractivity contribution < 1.29 is 24.6 Å². The van der Waals surface area contributed by atoms with Gasteiger partial charge in [0.05, 0.1) is 11.5 Å². The maximum Gasteiger partial charge on any atom is 0.335 e. The van der Waals surface area contributed by atoms with Gasteiger partial charge in [-0.05, 0) is 53.8 Å². The standard InChI is InChI=1S/C26H25NO5/c1-17(25(29)30)15-23(27-24(28)21-11-13-22(14-12-21)26(31)32)16-18-7-9-20(10-8-18)19-5-3-2-4-6-19/h2-14,17,23H,15-16H2,1H3,(H,27,28)(H,29,30)(H,31,32)/t17-,23+/m1/s1. The number of amides is 1. The van der Waals surface area contributed by atoms with Gasteiger partial charge < -0.3 is 15.5 Å². The summed E-state index contributed by atoms with van der Waals surface area (Å²) in [4.78, 5) is 35.1. The van der Waals surface area contributed by atoms with Crippen LogP contribution in [0.25, 0.3) is 11.1 Å². The third kappa shape index (κ3) is 6.04. The molecule has 0 saturated heterocycles. The van der Waals surface area contributed by atoms with Crippen LogP contribution in [0.4, 0.5) is 0 Å². The number of benzene rings is 3. The number of aromatic carboxylic acids is 1. The van der Waals surface area contributed by atoms with E-state index in [9.17, 15) is 19.5 Å². The van der Waals surface area contributed by atoms with Crippen LogP contribution in [0.3, 0.4) is 0 Å².